The van der Waals surface area contributed by atoms with E-state index < -0.39 is 0 Å². The predicted octanol–water partition coefficient (Wildman–Crippen LogP) is 1.72. The highest BCUT2D eigenvalue weighted by atomic mass is 16.5. The maximum Gasteiger partial charge on any atom is 0.253 e. The molecule has 2 amide bonds. The van der Waals surface area contributed by atoms with Gasteiger partial charge in [-0.3, -0.25) is 9.59 Å². The summed E-state index contributed by atoms with van der Waals surface area (Å²) in [6, 6.07) is 15.1. The zero-order valence-electron chi connectivity index (χ0n) is 18.8. The number of guanidine groups is 1. The van der Waals surface area contributed by atoms with Gasteiger partial charge in [-0.25, -0.2) is 4.99 Å². The van der Waals surface area contributed by atoms with Gasteiger partial charge in [0.25, 0.3) is 5.91 Å². The number of rotatable bonds is 8. The fourth-order valence-corrected chi connectivity index (χ4v) is 2.60. The van der Waals surface area contributed by atoms with Crippen LogP contribution in [0.5, 0.6) is 5.75 Å². The van der Waals surface area contributed by atoms with Gasteiger partial charge in [0.05, 0.1) is 20.2 Å². The molecule has 0 fully saturated rings. The van der Waals surface area contributed by atoms with Crippen molar-refractivity contribution in [3.8, 4) is 5.75 Å². The van der Waals surface area contributed by atoms with Crippen LogP contribution in [0, 0.1) is 0 Å². The largest absolute Gasteiger partial charge is 0.497 e. The Balaban J connectivity index is 2.04. The van der Waals surface area contributed by atoms with Crippen molar-refractivity contribution in [2.24, 2.45) is 4.99 Å². The molecule has 0 radical (unpaired) electrons. The summed E-state index contributed by atoms with van der Waals surface area (Å²) >= 11 is 0. The average molecular weight is 426 g/mol. The highest BCUT2D eigenvalue weighted by Gasteiger charge is 2.09. The fourth-order valence-electron chi connectivity index (χ4n) is 2.60. The van der Waals surface area contributed by atoms with Crippen molar-refractivity contribution in [1.29, 1.82) is 0 Å². The van der Waals surface area contributed by atoms with E-state index in [1.165, 1.54) is 4.90 Å². The minimum atomic E-state index is -0.0505. The van der Waals surface area contributed by atoms with Crippen molar-refractivity contribution in [3.05, 3.63) is 65.2 Å². The van der Waals surface area contributed by atoms with E-state index in [0.717, 1.165) is 16.9 Å². The van der Waals surface area contributed by atoms with Crippen LogP contribution in [0.4, 0.5) is 0 Å². The van der Waals surface area contributed by atoms with E-state index in [-0.39, 0.29) is 18.4 Å². The molecule has 0 aliphatic heterocycles. The van der Waals surface area contributed by atoms with Crippen molar-refractivity contribution in [3.63, 3.8) is 0 Å². The van der Waals surface area contributed by atoms with Crippen LogP contribution in [0.1, 0.15) is 21.5 Å². The summed E-state index contributed by atoms with van der Waals surface area (Å²) in [5, 5.41) is 6.31. The predicted molar refractivity (Wildman–Crippen MR) is 122 cm³/mol. The fraction of sp³-hybridized carbons (Fsp3) is 0.348. The number of aliphatic imine (C=N–C) groups is 1. The van der Waals surface area contributed by atoms with E-state index in [1.807, 2.05) is 36.4 Å². The maximum atomic E-state index is 12.0. The third kappa shape index (κ3) is 7.65. The van der Waals surface area contributed by atoms with Crippen LogP contribution in [0.25, 0.3) is 0 Å². The zero-order chi connectivity index (χ0) is 22.8. The minimum absolute atomic E-state index is 0.0369. The van der Waals surface area contributed by atoms with Crippen LogP contribution in [-0.2, 0) is 17.9 Å². The number of benzene rings is 2. The molecule has 0 bridgehead atoms. The lowest BCUT2D eigenvalue weighted by Gasteiger charge is -2.15. The Morgan fingerprint density at radius 2 is 1.48 bits per heavy atom. The molecule has 2 aromatic carbocycles. The molecule has 8 heteroatoms. The zero-order valence-corrected chi connectivity index (χ0v) is 18.8. The molecule has 0 atom stereocenters. The van der Waals surface area contributed by atoms with Gasteiger partial charge in [-0.15, -0.1) is 0 Å². The lowest BCUT2D eigenvalue weighted by Crippen LogP contribution is -2.42. The molecule has 166 valence electrons. The first kappa shape index (κ1) is 23.7. The lowest BCUT2D eigenvalue weighted by molar-refractivity contribution is -0.127. The molecule has 0 saturated heterocycles. The molecule has 0 aliphatic carbocycles. The Bertz CT molecular complexity index is 890. The van der Waals surface area contributed by atoms with Gasteiger partial charge in [0.1, 0.15) is 5.75 Å². The van der Waals surface area contributed by atoms with Crippen molar-refractivity contribution in [2.75, 3.05) is 41.8 Å². The highest BCUT2D eigenvalue weighted by molar-refractivity contribution is 5.93. The Labute approximate surface area is 183 Å². The van der Waals surface area contributed by atoms with Gasteiger partial charge in [-0.05, 0) is 35.4 Å². The monoisotopic (exact) mass is 425 g/mol. The second kappa shape index (κ2) is 11.6. The summed E-state index contributed by atoms with van der Waals surface area (Å²) in [6.07, 6.45) is 0. The number of carbonyl (C=O) groups is 2. The van der Waals surface area contributed by atoms with Crippen LogP contribution in [-0.4, -0.2) is 69.4 Å². The van der Waals surface area contributed by atoms with E-state index in [0.29, 0.717) is 24.6 Å². The van der Waals surface area contributed by atoms with Gasteiger partial charge in [0.2, 0.25) is 5.91 Å². The third-order valence-electron chi connectivity index (χ3n) is 4.55. The summed E-state index contributed by atoms with van der Waals surface area (Å²) < 4.78 is 5.18. The summed E-state index contributed by atoms with van der Waals surface area (Å²) in [4.78, 5) is 31.6. The van der Waals surface area contributed by atoms with E-state index >= 15 is 0 Å². The van der Waals surface area contributed by atoms with Crippen molar-refractivity contribution < 1.29 is 14.3 Å². The molecule has 0 aliphatic rings. The first-order valence-corrected chi connectivity index (χ1v) is 9.96. The number of amides is 2. The first-order valence-electron chi connectivity index (χ1n) is 9.96. The van der Waals surface area contributed by atoms with Crippen LogP contribution in [0.3, 0.4) is 0 Å². The molecule has 2 rings (SSSR count). The molecule has 8 nitrogen and oxygen atoms in total. The van der Waals surface area contributed by atoms with Crippen molar-refractivity contribution >= 4 is 17.8 Å². The number of ether oxygens (including phenoxy) is 1. The number of nitrogens with zero attached hydrogens (tertiary/aromatic N) is 3. The molecule has 31 heavy (non-hydrogen) atoms. The Kier molecular flexibility index (Phi) is 8.87. The molecular formula is C23H31N5O3. The maximum absolute atomic E-state index is 12.0. The lowest BCUT2D eigenvalue weighted by atomic mass is 10.1. The van der Waals surface area contributed by atoms with Crippen LogP contribution >= 0.6 is 0 Å². The second-order valence-corrected chi connectivity index (χ2v) is 7.40. The topological polar surface area (TPSA) is 86.3 Å². The number of methoxy groups -OCH3 is 1. The number of nitrogens with one attached hydrogen (secondary N) is 2. The smallest absolute Gasteiger partial charge is 0.253 e. The van der Waals surface area contributed by atoms with E-state index in [4.69, 9.17) is 4.74 Å². The Morgan fingerprint density at radius 3 is 2.03 bits per heavy atom. The van der Waals surface area contributed by atoms with Crippen molar-refractivity contribution in [1.82, 2.24) is 20.4 Å². The quantitative estimate of drug-likeness (QED) is 0.497. The van der Waals surface area contributed by atoms with Gasteiger partial charge >= 0.3 is 0 Å². The van der Waals surface area contributed by atoms with E-state index in [2.05, 4.69) is 15.6 Å². The molecule has 0 heterocycles. The number of carbonyl (C=O) groups excluding carboxylic acids is 2. The van der Waals surface area contributed by atoms with Gasteiger partial charge in [0.15, 0.2) is 5.96 Å². The van der Waals surface area contributed by atoms with E-state index in [1.54, 1.807) is 52.3 Å². The third-order valence-corrected chi connectivity index (χ3v) is 4.55. The summed E-state index contributed by atoms with van der Waals surface area (Å²) in [5.41, 5.74) is 2.65. The molecule has 0 saturated carbocycles. The first-order chi connectivity index (χ1) is 14.8. The second-order valence-electron chi connectivity index (χ2n) is 7.40. The summed E-state index contributed by atoms with van der Waals surface area (Å²) in [7, 11) is 8.50. The molecule has 0 aromatic heterocycles. The molecular weight excluding hydrogens is 394 g/mol. The summed E-state index contributed by atoms with van der Waals surface area (Å²) in [6.45, 7) is 1.09. The van der Waals surface area contributed by atoms with Crippen LogP contribution in [0.2, 0.25) is 0 Å². The van der Waals surface area contributed by atoms with Crippen LogP contribution in [0.15, 0.2) is 53.5 Å². The average Bonchev–Trinajstić information content (AvgIpc) is 2.78. The Hall–Kier alpha value is -3.55. The van der Waals surface area contributed by atoms with E-state index in [9.17, 15) is 9.59 Å². The molecule has 2 aromatic rings. The van der Waals surface area contributed by atoms with Gasteiger partial charge in [-0.1, -0.05) is 24.3 Å². The normalized spacial score (nSPS) is 10.9. The van der Waals surface area contributed by atoms with Crippen molar-refractivity contribution in [2.45, 2.75) is 13.1 Å². The Morgan fingerprint density at radius 1 is 0.871 bits per heavy atom. The number of likely N-dealkylation sites (N-methyl/N-ethyl adjacent to an activating group) is 1. The van der Waals surface area contributed by atoms with Gasteiger partial charge in [0, 0.05) is 40.3 Å². The molecule has 0 unspecified atom stereocenters. The SMILES string of the molecule is COc1ccc(CN=C(NCC(=O)N(C)C)NCc2ccc(C(=O)N(C)C)cc2)cc1. The standard InChI is InChI=1S/C23H31N5O3/c1-27(2)21(29)16-26-23(25-15-18-8-12-20(31-5)13-9-18)24-14-17-6-10-19(11-7-17)22(30)28(3)4/h6-13H,14-16H2,1-5H3,(H2,24,25,26). The highest BCUT2D eigenvalue weighted by Crippen LogP contribution is 2.12. The van der Waals surface area contributed by atoms with Gasteiger partial charge in [-0.2, -0.15) is 0 Å². The summed E-state index contributed by atoms with van der Waals surface area (Å²) in [5.74, 6) is 1.23. The minimum Gasteiger partial charge on any atom is -0.497 e. The molecule has 0 spiro atoms. The van der Waals surface area contributed by atoms with Crippen LogP contribution < -0.4 is 15.4 Å². The van der Waals surface area contributed by atoms with Gasteiger partial charge < -0.3 is 25.2 Å². The number of hydrogen-bond donors (Lipinski definition) is 2. The molecule has 2 N–H and O–H groups in total. The number of hydrogen-bond acceptors (Lipinski definition) is 4.